The van der Waals surface area contributed by atoms with Gasteiger partial charge in [0, 0.05) is 5.54 Å². The molecule has 1 rings (SSSR count). The fourth-order valence-corrected chi connectivity index (χ4v) is 1.53. The maximum absolute atomic E-state index is 9.03. The first-order valence-corrected chi connectivity index (χ1v) is 5.97. The summed E-state index contributed by atoms with van der Waals surface area (Å²) < 4.78 is 5.68. The third-order valence-corrected chi connectivity index (χ3v) is 3.18. The average molecular weight is 232 g/mol. The van der Waals surface area contributed by atoms with Gasteiger partial charge in [-0.05, 0) is 37.5 Å². The van der Waals surface area contributed by atoms with E-state index in [4.69, 9.17) is 15.7 Å². The average Bonchev–Trinajstić information content (AvgIpc) is 2.36. The second-order valence-corrected chi connectivity index (χ2v) is 4.47. The summed E-state index contributed by atoms with van der Waals surface area (Å²) in [6, 6.07) is 7.74. The maximum Gasteiger partial charge on any atom is 0.137 e. The molecule has 0 bridgehead atoms. The van der Waals surface area contributed by atoms with Crippen LogP contribution in [0.4, 0.5) is 0 Å². The Balaban J connectivity index is 2.80. The molecule has 0 heterocycles. The van der Waals surface area contributed by atoms with Crippen molar-refractivity contribution in [1.29, 1.82) is 5.26 Å². The van der Waals surface area contributed by atoms with Gasteiger partial charge in [-0.2, -0.15) is 5.26 Å². The Labute approximate surface area is 103 Å². The van der Waals surface area contributed by atoms with Crippen LogP contribution in [0.5, 0.6) is 5.75 Å². The van der Waals surface area contributed by atoms with Crippen molar-refractivity contribution in [2.24, 2.45) is 5.73 Å². The van der Waals surface area contributed by atoms with E-state index in [-0.39, 0.29) is 5.54 Å². The molecule has 0 aliphatic carbocycles. The summed E-state index contributed by atoms with van der Waals surface area (Å²) in [5.41, 5.74) is 7.47. The zero-order valence-corrected chi connectivity index (χ0v) is 10.8. The molecule has 1 aromatic carbocycles. The quantitative estimate of drug-likeness (QED) is 0.849. The van der Waals surface area contributed by atoms with Crippen molar-refractivity contribution < 1.29 is 4.74 Å². The van der Waals surface area contributed by atoms with Crippen molar-refractivity contribution in [3.63, 3.8) is 0 Å². The predicted octanol–water partition coefficient (Wildman–Crippen LogP) is 2.76. The molecule has 0 saturated carbocycles. The highest BCUT2D eigenvalue weighted by Crippen LogP contribution is 2.21. The first-order valence-electron chi connectivity index (χ1n) is 5.97. The maximum atomic E-state index is 9.03. The molecule has 3 heteroatoms. The molecule has 3 nitrogen and oxygen atoms in total. The monoisotopic (exact) mass is 232 g/mol. The Kier molecular flexibility index (Phi) is 4.53. The lowest BCUT2D eigenvalue weighted by atomic mass is 9.95. The number of nitriles is 1. The van der Waals surface area contributed by atoms with Crippen molar-refractivity contribution in [3.05, 3.63) is 29.3 Å². The lowest BCUT2D eigenvalue weighted by molar-refractivity contribution is 0.206. The number of hydrogen-bond acceptors (Lipinski definition) is 3. The van der Waals surface area contributed by atoms with Gasteiger partial charge in [0.05, 0.1) is 5.56 Å². The van der Waals surface area contributed by atoms with E-state index in [1.54, 1.807) is 0 Å². The molecule has 0 atom stereocenters. The molecule has 0 radical (unpaired) electrons. The second kappa shape index (κ2) is 5.70. The number of rotatable bonds is 5. The number of ether oxygens (including phenoxy) is 1. The number of nitrogens with two attached hydrogens (primary N) is 1. The third kappa shape index (κ3) is 3.47. The van der Waals surface area contributed by atoms with Gasteiger partial charge in [-0.15, -0.1) is 0 Å². The van der Waals surface area contributed by atoms with E-state index in [1.165, 1.54) is 0 Å². The van der Waals surface area contributed by atoms with Crippen LogP contribution < -0.4 is 10.5 Å². The largest absolute Gasteiger partial charge is 0.490 e. The molecule has 0 spiro atoms. The normalized spacial score (nSPS) is 11.0. The molecular formula is C14H20N2O. The van der Waals surface area contributed by atoms with Crippen LogP contribution in [0.2, 0.25) is 0 Å². The van der Waals surface area contributed by atoms with Crippen LogP contribution in [0.1, 0.15) is 37.8 Å². The van der Waals surface area contributed by atoms with Gasteiger partial charge in [0.25, 0.3) is 0 Å². The number of aryl methyl sites for hydroxylation is 1. The van der Waals surface area contributed by atoms with Crippen molar-refractivity contribution >= 4 is 0 Å². The summed E-state index contributed by atoms with van der Waals surface area (Å²) in [6.07, 6.45) is 1.72. The predicted molar refractivity (Wildman–Crippen MR) is 68.9 cm³/mol. The number of hydrogen-bond donors (Lipinski definition) is 1. The molecule has 0 amide bonds. The summed E-state index contributed by atoms with van der Waals surface area (Å²) >= 11 is 0. The van der Waals surface area contributed by atoms with Crippen LogP contribution in [0.3, 0.4) is 0 Å². The van der Waals surface area contributed by atoms with E-state index in [1.807, 2.05) is 39.0 Å². The van der Waals surface area contributed by atoms with Crippen molar-refractivity contribution in [3.8, 4) is 11.8 Å². The van der Waals surface area contributed by atoms with Gasteiger partial charge in [-0.3, -0.25) is 0 Å². The van der Waals surface area contributed by atoms with Gasteiger partial charge in [0.1, 0.15) is 18.4 Å². The Bertz CT molecular complexity index is 417. The summed E-state index contributed by atoms with van der Waals surface area (Å²) in [5, 5.41) is 9.03. The number of nitrogens with zero attached hydrogens (tertiary/aromatic N) is 1. The van der Waals surface area contributed by atoms with Gasteiger partial charge in [0.2, 0.25) is 0 Å². The molecule has 2 N–H and O–H groups in total. The van der Waals surface area contributed by atoms with Crippen LogP contribution in [0, 0.1) is 18.3 Å². The first kappa shape index (κ1) is 13.5. The van der Waals surface area contributed by atoms with Crippen LogP contribution in [-0.4, -0.2) is 12.1 Å². The summed E-state index contributed by atoms with van der Waals surface area (Å²) in [4.78, 5) is 0. The van der Waals surface area contributed by atoms with Crippen molar-refractivity contribution in [1.82, 2.24) is 0 Å². The summed E-state index contributed by atoms with van der Waals surface area (Å²) in [6.45, 7) is 6.49. The van der Waals surface area contributed by atoms with E-state index in [2.05, 4.69) is 6.07 Å². The van der Waals surface area contributed by atoms with E-state index < -0.39 is 0 Å². The lowest BCUT2D eigenvalue weighted by Gasteiger charge is -2.26. The second-order valence-electron chi connectivity index (χ2n) is 4.47. The standard InChI is InChI=1S/C14H20N2O/c1-4-14(16,5-2)10-17-13-7-6-11(3)8-12(13)9-15/h6-8H,4-5,10,16H2,1-3H3. The Hall–Kier alpha value is -1.53. The van der Waals surface area contributed by atoms with Gasteiger partial charge in [-0.25, -0.2) is 0 Å². The van der Waals surface area contributed by atoms with E-state index >= 15 is 0 Å². The first-order chi connectivity index (χ1) is 8.04. The zero-order valence-electron chi connectivity index (χ0n) is 10.8. The van der Waals surface area contributed by atoms with Crippen LogP contribution in [0.25, 0.3) is 0 Å². The highest BCUT2D eigenvalue weighted by atomic mass is 16.5. The van der Waals surface area contributed by atoms with Gasteiger partial charge < -0.3 is 10.5 Å². The molecule has 0 unspecified atom stereocenters. The molecule has 17 heavy (non-hydrogen) atoms. The zero-order chi connectivity index (χ0) is 12.9. The minimum atomic E-state index is -0.308. The highest BCUT2D eigenvalue weighted by molar-refractivity contribution is 5.45. The fourth-order valence-electron chi connectivity index (χ4n) is 1.53. The smallest absolute Gasteiger partial charge is 0.137 e. The molecule has 92 valence electrons. The summed E-state index contributed by atoms with van der Waals surface area (Å²) in [5.74, 6) is 0.620. The van der Waals surface area contributed by atoms with Crippen LogP contribution >= 0.6 is 0 Å². The number of benzene rings is 1. The fraction of sp³-hybridized carbons (Fsp3) is 0.500. The molecular weight excluding hydrogens is 212 g/mol. The van der Waals surface area contributed by atoms with Crippen LogP contribution in [0.15, 0.2) is 18.2 Å². The minimum absolute atomic E-state index is 0.308. The van der Waals surface area contributed by atoms with E-state index in [9.17, 15) is 0 Å². The minimum Gasteiger partial charge on any atom is -0.490 e. The van der Waals surface area contributed by atoms with Crippen molar-refractivity contribution in [2.45, 2.75) is 39.2 Å². The van der Waals surface area contributed by atoms with Crippen molar-refractivity contribution in [2.75, 3.05) is 6.61 Å². The van der Waals surface area contributed by atoms with Gasteiger partial charge in [0.15, 0.2) is 0 Å². The molecule has 0 aliphatic heterocycles. The summed E-state index contributed by atoms with van der Waals surface area (Å²) in [7, 11) is 0. The Morgan fingerprint density at radius 3 is 2.53 bits per heavy atom. The third-order valence-electron chi connectivity index (χ3n) is 3.18. The molecule has 0 fully saturated rings. The molecule has 1 aromatic rings. The van der Waals surface area contributed by atoms with E-state index in [0.717, 1.165) is 18.4 Å². The van der Waals surface area contributed by atoms with Gasteiger partial charge in [-0.1, -0.05) is 19.9 Å². The molecule has 0 aliphatic rings. The molecule has 0 saturated heterocycles. The SMILES string of the molecule is CCC(N)(CC)COc1ccc(C)cc1C#N. The Morgan fingerprint density at radius 2 is 2.00 bits per heavy atom. The lowest BCUT2D eigenvalue weighted by Crippen LogP contribution is -2.44. The van der Waals surface area contributed by atoms with Gasteiger partial charge >= 0.3 is 0 Å². The topological polar surface area (TPSA) is 59.0 Å². The van der Waals surface area contributed by atoms with Crippen LogP contribution in [-0.2, 0) is 0 Å². The highest BCUT2D eigenvalue weighted by Gasteiger charge is 2.21. The van der Waals surface area contributed by atoms with E-state index in [0.29, 0.717) is 17.9 Å². The molecule has 0 aromatic heterocycles. The Morgan fingerprint density at radius 1 is 1.35 bits per heavy atom.